The van der Waals surface area contributed by atoms with Gasteiger partial charge in [-0.15, -0.1) is 22.7 Å². The maximum absolute atomic E-state index is 12.9. The fourth-order valence-corrected chi connectivity index (χ4v) is 6.87. The molecule has 0 unspecified atom stereocenters. The predicted molar refractivity (Wildman–Crippen MR) is 118 cm³/mol. The van der Waals surface area contributed by atoms with Crippen molar-refractivity contribution >= 4 is 38.6 Å². The van der Waals surface area contributed by atoms with Gasteiger partial charge < -0.3 is 9.64 Å². The van der Waals surface area contributed by atoms with Crippen molar-refractivity contribution in [3.05, 3.63) is 52.3 Å². The highest BCUT2D eigenvalue weighted by molar-refractivity contribution is 7.91. The monoisotopic (exact) mass is 463 g/mol. The number of carbonyl (C=O) groups excluding carboxylic acids is 1. The summed E-state index contributed by atoms with van der Waals surface area (Å²) in [5, 5.41) is 2.51. The zero-order valence-corrected chi connectivity index (χ0v) is 19.0. The van der Waals surface area contributed by atoms with Crippen LogP contribution in [0.4, 0.5) is 0 Å². The minimum atomic E-state index is -3.50. The first-order valence-corrected chi connectivity index (χ1v) is 12.5. The molecule has 3 heterocycles. The van der Waals surface area contributed by atoms with Crippen molar-refractivity contribution in [1.29, 1.82) is 0 Å². The lowest BCUT2D eigenvalue weighted by Gasteiger charge is -2.33. The Kier molecular flexibility index (Phi) is 5.92. The van der Waals surface area contributed by atoms with Crippen molar-refractivity contribution in [1.82, 2.24) is 14.2 Å². The third-order valence-corrected chi connectivity index (χ3v) is 9.15. The summed E-state index contributed by atoms with van der Waals surface area (Å²) < 4.78 is 32.5. The zero-order valence-electron chi connectivity index (χ0n) is 16.6. The van der Waals surface area contributed by atoms with E-state index in [1.54, 1.807) is 29.5 Å². The molecule has 1 aliphatic rings. The van der Waals surface area contributed by atoms with Gasteiger partial charge in [0.25, 0.3) is 15.9 Å². The van der Waals surface area contributed by atoms with E-state index in [9.17, 15) is 13.2 Å². The van der Waals surface area contributed by atoms with Crippen LogP contribution in [0.2, 0.25) is 0 Å². The first-order valence-electron chi connectivity index (χ1n) is 9.34. The van der Waals surface area contributed by atoms with E-state index in [-0.39, 0.29) is 19.0 Å². The second kappa shape index (κ2) is 8.46. The van der Waals surface area contributed by atoms with Crippen molar-refractivity contribution < 1.29 is 17.9 Å². The molecule has 10 heteroatoms. The van der Waals surface area contributed by atoms with Crippen molar-refractivity contribution in [3.8, 4) is 16.3 Å². The smallest absolute Gasteiger partial charge is 0.273 e. The number of aryl methyl sites for hydroxylation is 1. The van der Waals surface area contributed by atoms with Gasteiger partial charge >= 0.3 is 0 Å². The molecule has 1 aromatic carbocycles. The van der Waals surface area contributed by atoms with Gasteiger partial charge in [-0.25, -0.2) is 13.4 Å². The van der Waals surface area contributed by atoms with Crippen LogP contribution >= 0.6 is 22.7 Å². The van der Waals surface area contributed by atoms with E-state index >= 15 is 0 Å². The Morgan fingerprint density at radius 1 is 1.07 bits per heavy atom. The largest absolute Gasteiger partial charge is 0.497 e. The fourth-order valence-electron chi connectivity index (χ4n) is 3.21. The molecule has 3 aromatic rings. The Morgan fingerprint density at radius 3 is 2.37 bits per heavy atom. The van der Waals surface area contributed by atoms with Crippen LogP contribution in [0, 0.1) is 6.92 Å². The Bertz CT molecular complexity index is 1140. The molecule has 0 spiro atoms. The normalized spacial score (nSPS) is 15.3. The fraction of sp³-hybridized carbons (Fsp3) is 0.300. The number of methoxy groups -OCH3 is 1. The quantitative estimate of drug-likeness (QED) is 0.580. The lowest BCUT2D eigenvalue weighted by Crippen LogP contribution is -2.50. The number of hydrogen-bond acceptors (Lipinski definition) is 7. The Hall–Kier alpha value is -2.27. The minimum Gasteiger partial charge on any atom is -0.497 e. The number of sulfonamides is 1. The van der Waals surface area contributed by atoms with E-state index in [4.69, 9.17) is 4.74 Å². The molecule has 1 amide bonds. The summed E-state index contributed by atoms with van der Waals surface area (Å²) in [6.07, 6.45) is 0. The second-order valence-electron chi connectivity index (χ2n) is 6.83. The molecule has 0 aliphatic carbocycles. The summed E-state index contributed by atoms with van der Waals surface area (Å²) in [5.74, 6) is 0.590. The van der Waals surface area contributed by atoms with E-state index in [2.05, 4.69) is 4.98 Å². The molecule has 0 radical (unpaired) electrons. The lowest BCUT2D eigenvalue weighted by molar-refractivity contribution is 0.0693. The van der Waals surface area contributed by atoms with Gasteiger partial charge in [0.15, 0.2) is 0 Å². The van der Waals surface area contributed by atoms with Crippen molar-refractivity contribution in [2.45, 2.75) is 11.1 Å². The number of aromatic nitrogens is 1. The summed E-state index contributed by atoms with van der Waals surface area (Å²) in [6, 6.07) is 11.0. The highest BCUT2D eigenvalue weighted by atomic mass is 32.2. The number of ether oxygens (including phenoxy) is 1. The number of thiazole rings is 1. The molecule has 2 aromatic heterocycles. The van der Waals surface area contributed by atoms with Gasteiger partial charge in [0.2, 0.25) is 0 Å². The molecule has 4 rings (SSSR count). The standard InChI is InChI=1S/C20H21N3O4S3/c1-14-3-8-18(29-14)30(25,26)23-11-9-22(10-12-23)20(24)17-13-28-19(21-17)15-4-6-16(27-2)7-5-15/h3-8,13H,9-12H2,1-2H3. The van der Waals surface area contributed by atoms with Gasteiger partial charge in [-0.05, 0) is 43.3 Å². The number of amides is 1. The average molecular weight is 464 g/mol. The van der Waals surface area contributed by atoms with Gasteiger partial charge in [-0.2, -0.15) is 4.31 Å². The zero-order chi connectivity index (χ0) is 21.3. The van der Waals surface area contributed by atoms with Crippen molar-refractivity contribution in [3.63, 3.8) is 0 Å². The molecule has 1 fully saturated rings. The van der Waals surface area contributed by atoms with Crippen molar-refractivity contribution in [2.24, 2.45) is 0 Å². The molecule has 30 heavy (non-hydrogen) atoms. The van der Waals surface area contributed by atoms with E-state index in [1.807, 2.05) is 31.2 Å². The summed E-state index contributed by atoms with van der Waals surface area (Å²) in [6.45, 7) is 3.13. The molecule has 0 bridgehead atoms. The van der Waals surface area contributed by atoms with Crippen LogP contribution in [0.5, 0.6) is 5.75 Å². The van der Waals surface area contributed by atoms with Gasteiger partial charge in [0, 0.05) is 42.0 Å². The SMILES string of the molecule is COc1ccc(-c2nc(C(=O)N3CCN(S(=O)(=O)c4ccc(C)s4)CC3)cs2)cc1. The van der Waals surface area contributed by atoms with E-state index < -0.39 is 10.0 Å². The van der Waals surface area contributed by atoms with E-state index in [0.29, 0.717) is 23.0 Å². The molecular formula is C20H21N3O4S3. The molecule has 0 saturated carbocycles. The van der Waals surface area contributed by atoms with E-state index in [1.165, 1.54) is 27.0 Å². The van der Waals surface area contributed by atoms with Crippen LogP contribution in [-0.2, 0) is 10.0 Å². The summed E-state index contributed by atoms with van der Waals surface area (Å²) >= 11 is 2.68. The van der Waals surface area contributed by atoms with E-state index in [0.717, 1.165) is 21.2 Å². The summed E-state index contributed by atoms with van der Waals surface area (Å²) in [7, 11) is -1.89. The number of thiophene rings is 1. The average Bonchev–Trinajstić information content (AvgIpc) is 3.43. The Morgan fingerprint density at radius 2 is 1.77 bits per heavy atom. The molecule has 158 valence electrons. The van der Waals surface area contributed by atoms with Gasteiger partial charge in [0.05, 0.1) is 7.11 Å². The highest BCUT2D eigenvalue weighted by Crippen LogP contribution is 2.27. The number of piperazine rings is 1. The predicted octanol–water partition coefficient (Wildman–Crippen LogP) is 3.34. The molecule has 1 saturated heterocycles. The lowest BCUT2D eigenvalue weighted by atomic mass is 10.2. The van der Waals surface area contributed by atoms with Gasteiger partial charge in [-0.1, -0.05) is 0 Å². The topological polar surface area (TPSA) is 79.8 Å². The number of nitrogens with zero attached hydrogens (tertiary/aromatic N) is 3. The van der Waals surface area contributed by atoms with Crippen LogP contribution < -0.4 is 4.74 Å². The van der Waals surface area contributed by atoms with Gasteiger partial charge in [0.1, 0.15) is 20.7 Å². The number of carbonyl (C=O) groups is 1. The third kappa shape index (κ3) is 4.13. The first-order chi connectivity index (χ1) is 14.4. The van der Waals surface area contributed by atoms with Crippen molar-refractivity contribution in [2.75, 3.05) is 33.3 Å². The van der Waals surface area contributed by atoms with Crippen LogP contribution in [0.1, 0.15) is 15.4 Å². The second-order valence-corrected chi connectivity index (χ2v) is 11.1. The Balaban J connectivity index is 1.41. The number of hydrogen-bond donors (Lipinski definition) is 0. The first kappa shape index (κ1) is 21.0. The maximum Gasteiger partial charge on any atom is 0.273 e. The summed E-state index contributed by atoms with van der Waals surface area (Å²) in [4.78, 5) is 20.0. The van der Waals surface area contributed by atoms with Crippen LogP contribution in [0.25, 0.3) is 10.6 Å². The maximum atomic E-state index is 12.9. The molecule has 1 aliphatic heterocycles. The van der Waals surface area contributed by atoms with Crippen LogP contribution in [0.3, 0.4) is 0 Å². The molecule has 0 N–H and O–H groups in total. The minimum absolute atomic E-state index is 0.171. The molecule has 0 atom stereocenters. The molecule has 7 nitrogen and oxygen atoms in total. The summed E-state index contributed by atoms with van der Waals surface area (Å²) in [5.41, 5.74) is 1.30. The third-order valence-electron chi connectivity index (χ3n) is 4.90. The van der Waals surface area contributed by atoms with Gasteiger partial charge in [-0.3, -0.25) is 4.79 Å². The number of rotatable bonds is 5. The Labute approximate surface area is 183 Å². The number of benzene rings is 1. The molecular weight excluding hydrogens is 442 g/mol. The highest BCUT2D eigenvalue weighted by Gasteiger charge is 2.31. The van der Waals surface area contributed by atoms with Crippen LogP contribution in [-0.4, -0.2) is 61.8 Å². The van der Waals surface area contributed by atoms with Crippen LogP contribution in [0.15, 0.2) is 46.0 Å².